The highest BCUT2D eigenvalue weighted by Crippen LogP contribution is 2.12. The Labute approximate surface area is 142 Å². The largest absolute Gasteiger partial charge is 0.481 e. The van der Waals surface area contributed by atoms with Crippen LogP contribution in [0.2, 0.25) is 0 Å². The lowest BCUT2D eigenvalue weighted by Gasteiger charge is -2.11. The Kier molecular flexibility index (Phi) is 6.36. The minimum atomic E-state index is -0.941. The van der Waals surface area contributed by atoms with Gasteiger partial charge in [-0.2, -0.15) is 11.8 Å². The van der Waals surface area contributed by atoms with E-state index in [1.165, 1.54) is 11.8 Å². The molecule has 24 heavy (non-hydrogen) atoms. The molecule has 7 nitrogen and oxygen atoms in total. The topological polar surface area (TPSA) is 112 Å². The van der Waals surface area contributed by atoms with Gasteiger partial charge in [0.15, 0.2) is 0 Å². The lowest BCUT2D eigenvalue weighted by atomic mass is 10.2. The standard InChI is InChI=1S/C16H19N3O4S/c1-10(8-15(21)22)17-14(20)6-7-24-9-13-18-12-5-3-2-4-11(12)16(23)19-13/h2-5,10H,6-9H2,1H3,(H,17,20)(H,21,22)(H,18,19,23). The fourth-order valence-electron chi connectivity index (χ4n) is 2.20. The van der Waals surface area contributed by atoms with Crippen molar-refractivity contribution in [2.24, 2.45) is 0 Å². The molecule has 0 saturated heterocycles. The normalized spacial score (nSPS) is 12.0. The predicted molar refractivity (Wildman–Crippen MR) is 93.0 cm³/mol. The van der Waals surface area contributed by atoms with E-state index in [-0.39, 0.29) is 24.3 Å². The third kappa shape index (κ3) is 5.38. The van der Waals surface area contributed by atoms with Crippen LogP contribution in [0.3, 0.4) is 0 Å². The van der Waals surface area contributed by atoms with Gasteiger partial charge < -0.3 is 15.4 Å². The number of carboxylic acid groups (broad SMARTS) is 1. The number of rotatable bonds is 8. The number of amides is 1. The van der Waals surface area contributed by atoms with Crippen molar-refractivity contribution < 1.29 is 14.7 Å². The van der Waals surface area contributed by atoms with Crippen molar-refractivity contribution in [1.82, 2.24) is 15.3 Å². The minimum absolute atomic E-state index is 0.0961. The number of aromatic amines is 1. The molecule has 0 bridgehead atoms. The van der Waals surface area contributed by atoms with Crippen molar-refractivity contribution in [3.63, 3.8) is 0 Å². The van der Waals surface area contributed by atoms with Crippen molar-refractivity contribution in [2.75, 3.05) is 5.75 Å². The Balaban J connectivity index is 1.79. The van der Waals surface area contributed by atoms with E-state index in [4.69, 9.17) is 5.11 Å². The summed E-state index contributed by atoms with van der Waals surface area (Å²) in [5, 5.41) is 11.8. The van der Waals surface area contributed by atoms with Gasteiger partial charge in [0.2, 0.25) is 5.91 Å². The molecule has 1 amide bonds. The molecule has 1 aromatic carbocycles. The number of aliphatic carboxylic acids is 1. The van der Waals surface area contributed by atoms with E-state index in [2.05, 4.69) is 15.3 Å². The number of nitrogens with zero attached hydrogens (tertiary/aromatic N) is 1. The number of benzene rings is 1. The number of fused-ring (bicyclic) bond motifs is 1. The van der Waals surface area contributed by atoms with Crippen LogP contribution in [0.15, 0.2) is 29.1 Å². The molecule has 0 aliphatic rings. The Morgan fingerprint density at radius 3 is 2.88 bits per heavy atom. The van der Waals surface area contributed by atoms with E-state index in [9.17, 15) is 14.4 Å². The first-order valence-corrected chi connectivity index (χ1v) is 8.68. The summed E-state index contributed by atoms with van der Waals surface area (Å²) in [5.41, 5.74) is 0.480. The molecule has 0 aliphatic heterocycles. The molecule has 0 radical (unpaired) electrons. The zero-order chi connectivity index (χ0) is 17.5. The third-order valence-corrected chi connectivity index (χ3v) is 4.23. The van der Waals surface area contributed by atoms with Crippen molar-refractivity contribution in [2.45, 2.75) is 31.6 Å². The molecule has 8 heteroatoms. The molecule has 0 saturated carbocycles. The molecule has 1 aromatic heterocycles. The molecule has 128 valence electrons. The Bertz CT molecular complexity index is 790. The minimum Gasteiger partial charge on any atom is -0.481 e. The van der Waals surface area contributed by atoms with Gasteiger partial charge in [0.1, 0.15) is 5.82 Å². The van der Waals surface area contributed by atoms with Crippen LogP contribution in [0.25, 0.3) is 10.9 Å². The summed E-state index contributed by atoms with van der Waals surface area (Å²) >= 11 is 1.48. The molecule has 0 fully saturated rings. The zero-order valence-corrected chi connectivity index (χ0v) is 14.1. The van der Waals surface area contributed by atoms with Crippen molar-refractivity contribution >= 4 is 34.5 Å². The van der Waals surface area contributed by atoms with Crippen molar-refractivity contribution in [3.05, 3.63) is 40.4 Å². The van der Waals surface area contributed by atoms with Crippen LogP contribution in [0.5, 0.6) is 0 Å². The summed E-state index contributed by atoms with van der Waals surface area (Å²) in [6, 6.07) is 6.74. The van der Waals surface area contributed by atoms with Crippen LogP contribution >= 0.6 is 11.8 Å². The van der Waals surface area contributed by atoms with Gasteiger partial charge in [-0.1, -0.05) is 12.1 Å². The second kappa shape index (κ2) is 8.49. The molecule has 2 rings (SSSR count). The molecule has 0 aliphatic carbocycles. The summed E-state index contributed by atoms with van der Waals surface area (Å²) in [6.45, 7) is 1.66. The van der Waals surface area contributed by atoms with Crippen LogP contribution in [0.1, 0.15) is 25.6 Å². The van der Waals surface area contributed by atoms with E-state index >= 15 is 0 Å². The summed E-state index contributed by atoms with van der Waals surface area (Å²) < 4.78 is 0. The van der Waals surface area contributed by atoms with Crippen LogP contribution in [0.4, 0.5) is 0 Å². The monoisotopic (exact) mass is 349 g/mol. The molecule has 3 N–H and O–H groups in total. The number of hydrogen-bond donors (Lipinski definition) is 3. The van der Waals surface area contributed by atoms with E-state index in [0.717, 1.165) is 0 Å². The van der Waals surface area contributed by atoms with Crippen LogP contribution in [0, 0.1) is 0 Å². The quantitative estimate of drug-likeness (QED) is 0.623. The molecule has 1 heterocycles. The van der Waals surface area contributed by atoms with Crippen LogP contribution in [-0.2, 0) is 15.3 Å². The Morgan fingerprint density at radius 2 is 2.12 bits per heavy atom. The highest BCUT2D eigenvalue weighted by Gasteiger charge is 2.11. The Hall–Kier alpha value is -2.35. The smallest absolute Gasteiger partial charge is 0.305 e. The third-order valence-electron chi connectivity index (χ3n) is 3.26. The molecular weight excluding hydrogens is 330 g/mol. The van der Waals surface area contributed by atoms with Gasteiger partial charge in [-0.3, -0.25) is 14.4 Å². The van der Waals surface area contributed by atoms with E-state index in [1.54, 1.807) is 25.1 Å². The zero-order valence-electron chi connectivity index (χ0n) is 13.2. The van der Waals surface area contributed by atoms with Crippen molar-refractivity contribution in [1.29, 1.82) is 0 Å². The van der Waals surface area contributed by atoms with E-state index < -0.39 is 12.0 Å². The van der Waals surface area contributed by atoms with Gasteiger partial charge >= 0.3 is 5.97 Å². The number of H-pyrrole nitrogens is 1. The fraction of sp³-hybridized carbons (Fsp3) is 0.375. The van der Waals surface area contributed by atoms with E-state index in [0.29, 0.717) is 28.2 Å². The number of carbonyl (C=O) groups is 2. The second-order valence-electron chi connectivity index (χ2n) is 5.40. The second-order valence-corrected chi connectivity index (χ2v) is 6.50. The number of hydrogen-bond acceptors (Lipinski definition) is 5. The SMILES string of the molecule is CC(CC(=O)O)NC(=O)CCSCc1nc2ccccc2c(=O)[nH]1. The average molecular weight is 349 g/mol. The summed E-state index contributed by atoms with van der Waals surface area (Å²) in [6.07, 6.45) is 0.188. The molecular formula is C16H19N3O4S. The first kappa shape index (κ1) is 18.0. The Morgan fingerprint density at radius 1 is 1.38 bits per heavy atom. The summed E-state index contributed by atoms with van der Waals surface area (Å²) in [4.78, 5) is 41.3. The van der Waals surface area contributed by atoms with Gasteiger partial charge in [-0.05, 0) is 19.1 Å². The number of para-hydroxylation sites is 1. The number of carbonyl (C=O) groups excluding carboxylic acids is 1. The molecule has 0 spiro atoms. The van der Waals surface area contributed by atoms with Gasteiger partial charge in [-0.15, -0.1) is 0 Å². The van der Waals surface area contributed by atoms with Crippen LogP contribution < -0.4 is 10.9 Å². The van der Waals surface area contributed by atoms with Gasteiger partial charge in [0.05, 0.1) is 23.1 Å². The lowest BCUT2D eigenvalue weighted by molar-refractivity contribution is -0.137. The van der Waals surface area contributed by atoms with Gasteiger partial charge in [0, 0.05) is 18.2 Å². The maximum atomic E-state index is 11.9. The number of nitrogens with one attached hydrogen (secondary N) is 2. The maximum absolute atomic E-state index is 11.9. The number of aromatic nitrogens is 2. The number of thioether (sulfide) groups is 1. The van der Waals surface area contributed by atoms with E-state index in [1.807, 2.05) is 6.07 Å². The first-order valence-electron chi connectivity index (χ1n) is 7.52. The average Bonchev–Trinajstić information content (AvgIpc) is 2.51. The fourth-order valence-corrected chi connectivity index (χ4v) is 3.00. The van der Waals surface area contributed by atoms with Crippen LogP contribution in [-0.4, -0.2) is 38.7 Å². The molecule has 1 unspecified atom stereocenters. The lowest BCUT2D eigenvalue weighted by Crippen LogP contribution is -2.34. The molecule has 1 atom stereocenters. The number of carboxylic acids is 1. The highest BCUT2D eigenvalue weighted by molar-refractivity contribution is 7.98. The highest BCUT2D eigenvalue weighted by atomic mass is 32.2. The summed E-state index contributed by atoms with van der Waals surface area (Å²) in [5.74, 6) is 0.503. The maximum Gasteiger partial charge on any atom is 0.305 e. The molecule has 2 aromatic rings. The van der Waals surface area contributed by atoms with Gasteiger partial charge in [-0.25, -0.2) is 4.98 Å². The van der Waals surface area contributed by atoms with Gasteiger partial charge in [0.25, 0.3) is 5.56 Å². The first-order chi connectivity index (χ1) is 11.5. The summed E-state index contributed by atoms with van der Waals surface area (Å²) in [7, 11) is 0. The predicted octanol–water partition coefficient (Wildman–Crippen LogP) is 1.53. The van der Waals surface area contributed by atoms with Crippen molar-refractivity contribution in [3.8, 4) is 0 Å².